The summed E-state index contributed by atoms with van der Waals surface area (Å²) in [6.07, 6.45) is -1.95. The van der Waals surface area contributed by atoms with E-state index in [1.807, 2.05) is 12.1 Å². The molecule has 2 aliphatic heterocycles. The first-order valence-electron chi connectivity index (χ1n) is 12.7. The summed E-state index contributed by atoms with van der Waals surface area (Å²) in [5, 5.41) is 22.8. The van der Waals surface area contributed by atoms with E-state index >= 15 is 0 Å². The van der Waals surface area contributed by atoms with Crippen molar-refractivity contribution in [2.24, 2.45) is 0 Å². The van der Waals surface area contributed by atoms with Crippen LogP contribution in [0.4, 0.5) is 4.39 Å². The Morgan fingerprint density at radius 3 is 2.41 bits per heavy atom. The summed E-state index contributed by atoms with van der Waals surface area (Å²) in [5.41, 5.74) is 2.32. The number of carbonyl (C=O) groups excluding carboxylic acids is 2. The third-order valence-corrected chi connectivity index (χ3v) is 6.68. The van der Waals surface area contributed by atoms with E-state index in [2.05, 4.69) is 10.2 Å². The van der Waals surface area contributed by atoms with Crippen molar-refractivity contribution >= 4 is 11.8 Å². The topological polar surface area (TPSA) is 112 Å². The molecular weight excluding hydrogens is 481 g/mol. The van der Waals surface area contributed by atoms with Gasteiger partial charge in [-0.1, -0.05) is 24.3 Å². The molecule has 0 saturated carbocycles. The molecule has 9 nitrogen and oxygen atoms in total. The Hall–Kier alpha value is -3.05. The van der Waals surface area contributed by atoms with Gasteiger partial charge in [-0.3, -0.25) is 14.5 Å². The van der Waals surface area contributed by atoms with Crippen LogP contribution in [0.25, 0.3) is 11.1 Å². The van der Waals surface area contributed by atoms with E-state index in [1.54, 1.807) is 18.2 Å². The molecule has 2 heterocycles. The SMILES string of the molecule is O=C(NCc1ccc(-c2ccc(F)cc2OCCN2CCOCC2)cc1)[C@H](O)[C@@H](O)C(=O)N1CCCC1. The summed E-state index contributed by atoms with van der Waals surface area (Å²) >= 11 is 0. The first-order chi connectivity index (χ1) is 17.9. The highest BCUT2D eigenvalue weighted by molar-refractivity contribution is 5.90. The van der Waals surface area contributed by atoms with E-state index in [0.29, 0.717) is 38.7 Å². The van der Waals surface area contributed by atoms with Crippen LogP contribution >= 0.6 is 0 Å². The lowest BCUT2D eigenvalue weighted by Crippen LogP contribution is -2.50. The zero-order valence-corrected chi connectivity index (χ0v) is 20.8. The molecule has 3 N–H and O–H groups in total. The van der Waals surface area contributed by atoms with Crippen LogP contribution in [0.3, 0.4) is 0 Å². The fourth-order valence-corrected chi connectivity index (χ4v) is 4.46. The van der Waals surface area contributed by atoms with Crippen molar-refractivity contribution in [1.29, 1.82) is 0 Å². The van der Waals surface area contributed by atoms with Gasteiger partial charge in [0.1, 0.15) is 18.2 Å². The number of ether oxygens (including phenoxy) is 2. The molecule has 2 aliphatic rings. The number of likely N-dealkylation sites (tertiary alicyclic amines) is 1. The van der Waals surface area contributed by atoms with Crippen LogP contribution in [0.15, 0.2) is 42.5 Å². The van der Waals surface area contributed by atoms with Gasteiger partial charge in [0.15, 0.2) is 12.2 Å². The maximum absolute atomic E-state index is 13.9. The minimum Gasteiger partial charge on any atom is -0.491 e. The lowest BCUT2D eigenvalue weighted by molar-refractivity contribution is -0.152. The molecule has 2 aromatic rings. The highest BCUT2D eigenvalue weighted by atomic mass is 19.1. The van der Waals surface area contributed by atoms with Gasteiger partial charge in [0.25, 0.3) is 11.8 Å². The second-order valence-corrected chi connectivity index (χ2v) is 9.28. The maximum atomic E-state index is 13.9. The largest absolute Gasteiger partial charge is 0.491 e. The second-order valence-electron chi connectivity index (χ2n) is 9.28. The molecule has 0 radical (unpaired) electrons. The number of nitrogens with one attached hydrogen (secondary N) is 1. The number of aliphatic hydroxyl groups excluding tert-OH is 2. The van der Waals surface area contributed by atoms with E-state index in [1.165, 1.54) is 17.0 Å². The van der Waals surface area contributed by atoms with Crippen LogP contribution in [0, 0.1) is 5.82 Å². The van der Waals surface area contributed by atoms with Gasteiger partial charge in [-0.25, -0.2) is 4.39 Å². The molecule has 0 aromatic heterocycles. The molecule has 0 spiro atoms. The molecule has 0 unspecified atom stereocenters. The Morgan fingerprint density at radius 2 is 1.70 bits per heavy atom. The van der Waals surface area contributed by atoms with Crippen molar-refractivity contribution in [1.82, 2.24) is 15.1 Å². The van der Waals surface area contributed by atoms with Gasteiger partial charge >= 0.3 is 0 Å². The van der Waals surface area contributed by atoms with E-state index < -0.39 is 24.0 Å². The summed E-state index contributed by atoms with van der Waals surface area (Å²) in [6, 6.07) is 11.7. The number of carbonyl (C=O) groups is 2. The fraction of sp³-hybridized carbons (Fsp3) is 0.481. The number of nitrogens with zero attached hydrogens (tertiary/aromatic N) is 2. The monoisotopic (exact) mass is 515 g/mol. The van der Waals surface area contributed by atoms with E-state index in [-0.39, 0.29) is 12.4 Å². The molecule has 2 amide bonds. The summed E-state index contributed by atoms with van der Waals surface area (Å²) in [5.74, 6) is -1.38. The number of rotatable bonds is 10. The van der Waals surface area contributed by atoms with Gasteiger partial charge in [0.2, 0.25) is 0 Å². The average Bonchev–Trinajstić information content (AvgIpc) is 3.47. The molecule has 37 heavy (non-hydrogen) atoms. The number of amides is 2. The molecule has 0 aliphatic carbocycles. The Balaban J connectivity index is 1.31. The lowest BCUT2D eigenvalue weighted by atomic mass is 10.0. The number of benzene rings is 2. The van der Waals surface area contributed by atoms with Crippen molar-refractivity contribution in [3.8, 4) is 16.9 Å². The Bertz CT molecular complexity index is 1050. The molecule has 10 heteroatoms. The predicted molar refractivity (Wildman–Crippen MR) is 134 cm³/mol. The van der Waals surface area contributed by atoms with Crippen molar-refractivity contribution in [2.75, 3.05) is 52.5 Å². The normalized spacial score (nSPS) is 17.9. The molecule has 2 fully saturated rings. The highest BCUT2D eigenvalue weighted by Gasteiger charge is 2.34. The number of aliphatic hydroxyl groups is 2. The summed E-state index contributed by atoms with van der Waals surface area (Å²) < 4.78 is 25.2. The number of hydrogen-bond donors (Lipinski definition) is 3. The molecular formula is C27H34FN3O6. The van der Waals surface area contributed by atoms with Crippen LogP contribution in [0.5, 0.6) is 5.75 Å². The van der Waals surface area contributed by atoms with Crippen LogP contribution in [-0.4, -0.2) is 96.6 Å². The number of hydrogen-bond acceptors (Lipinski definition) is 7. The van der Waals surface area contributed by atoms with Gasteiger partial charge in [0.05, 0.1) is 13.2 Å². The second kappa shape index (κ2) is 13.0. The van der Waals surface area contributed by atoms with Crippen LogP contribution < -0.4 is 10.1 Å². The zero-order chi connectivity index (χ0) is 26.2. The number of morpholine rings is 1. The van der Waals surface area contributed by atoms with E-state index in [4.69, 9.17) is 9.47 Å². The first kappa shape index (κ1) is 27.0. The Kier molecular flexibility index (Phi) is 9.45. The quantitative estimate of drug-likeness (QED) is 0.436. The Morgan fingerprint density at radius 1 is 1.00 bits per heavy atom. The van der Waals surface area contributed by atoms with Gasteiger partial charge < -0.3 is 29.9 Å². The average molecular weight is 516 g/mol. The van der Waals surface area contributed by atoms with E-state index in [0.717, 1.165) is 49.2 Å². The minimum absolute atomic E-state index is 0.104. The smallest absolute Gasteiger partial charge is 0.254 e. The highest BCUT2D eigenvalue weighted by Crippen LogP contribution is 2.31. The van der Waals surface area contributed by atoms with Crippen molar-refractivity contribution in [3.63, 3.8) is 0 Å². The zero-order valence-electron chi connectivity index (χ0n) is 20.8. The molecule has 4 rings (SSSR count). The van der Waals surface area contributed by atoms with Crippen LogP contribution in [-0.2, 0) is 20.9 Å². The summed E-state index contributed by atoms with van der Waals surface area (Å²) in [6.45, 7) is 5.40. The van der Waals surface area contributed by atoms with Gasteiger partial charge in [0, 0.05) is 50.9 Å². The molecule has 2 aromatic carbocycles. The third kappa shape index (κ3) is 7.26. The van der Waals surface area contributed by atoms with Crippen LogP contribution in [0.2, 0.25) is 0 Å². The lowest BCUT2D eigenvalue weighted by Gasteiger charge is -2.26. The summed E-state index contributed by atoms with van der Waals surface area (Å²) in [7, 11) is 0. The van der Waals surface area contributed by atoms with E-state index in [9.17, 15) is 24.2 Å². The molecule has 200 valence electrons. The van der Waals surface area contributed by atoms with Crippen LogP contribution in [0.1, 0.15) is 18.4 Å². The molecule has 2 saturated heterocycles. The third-order valence-electron chi connectivity index (χ3n) is 6.68. The molecule has 2 atom stereocenters. The minimum atomic E-state index is -1.84. The maximum Gasteiger partial charge on any atom is 0.254 e. The standard InChI is InChI=1S/C27H34FN3O6/c28-21-7-8-22(23(17-21)37-16-13-30-11-14-36-15-12-30)20-5-3-19(4-6-20)18-29-26(34)24(32)25(33)27(35)31-9-1-2-10-31/h3-8,17,24-25,32-33H,1-2,9-16,18H2,(H,29,34)/t24-,25-/m1/s1. The van der Waals surface area contributed by atoms with Crippen molar-refractivity contribution in [2.45, 2.75) is 31.6 Å². The molecule has 0 bridgehead atoms. The Labute approximate surface area is 215 Å². The summed E-state index contributed by atoms with van der Waals surface area (Å²) in [4.78, 5) is 28.2. The van der Waals surface area contributed by atoms with Crippen molar-refractivity contribution < 1.29 is 33.7 Å². The van der Waals surface area contributed by atoms with Crippen molar-refractivity contribution in [3.05, 3.63) is 53.8 Å². The first-order valence-corrected chi connectivity index (χ1v) is 12.7. The fourth-order valence-electron chi connectivity index (χ4n) is 4.46. The predicted octanol–water partition coefficient (Wildman–Crippen LogP) is 1.16. The number of halogens is 1. The van der Waals surface area contributed by atoms with Gasteiger partial charge in [-0.2, -0.15) is 0 Å². The van der Waals surface area contributed by atoms with Gasteiger partial charge in [-0.05, 0) is 36.1 Å². The van der Waals surface area contributed by atoms with Gasteiger partial charge in [-0.15, -0.1) is 0 Å².